The van der Waals surface area contributed by atoms with Crippen molar-refractivity contribution in [3.63, 3.8) is 0 Å². The third kappa shape index (κ3) is 6.54. The molecule has 0 spiro atoms. The van der Waals surface area contributed by atoms with Crippen LogP contribution in [-0.4, -0.2) is 31.8 Å². The van der Waals surface area contributed by atoms with Gasteiger partial charge in [0.25, 0.3) is 5.91 Å². The van der Waals surface area contributed by atoms with E-state index in [2.05, 4.69) is 33.0 Å². The van der Waals surface area contributed by atoms with Gasteiger partial charge in [0.15, 0.2) is 0 Å². The van der Waals surface area contributed by atoms with Crippen molar-refractivity contribution < 1.29 is 23.8 Å². The number of hydrazone groups is 1. The summed E-state index contributed by atoms with van der Waals surface area (Å²) in [5.74, 6) is 0.353. The van der Waals surface area contributed by atoms with Gasteiger partial charge in [-0.1, -0.05) is 40.7 Å². The van der Waals surface area contributed by atoms with Gasteiger partial charge in [0.2, 0.25) is 0 Å². The van der Waals surface area contributed by atoms with Crippen molar-refractivity contribution in [1.82, 2.24) is 5.43 Å². The van der Waals surface area contributed by atoms with E-state index in [0.717, 1.165) is 4.47 Å². The Hall–Kier alpha value is -3.91. The molecule has 7 nitrogen and oxygen atoms in total. The number of rotatable bonds is 9. The van der Waals surface area contributed by atoms with Crippen molar-refractivity contribution in [2.45, 2.75) is 0 Å². The zero-order chi connectivity index (χ0) is 23.6. The number of benzene rings is 3. The third-order valence-corrected chi connectivity index (χ3v) is 4.85. The smallest absolute Gasteiger partial charge is 0.343 e. The fraction of sp³-hybridized carbons (Fsp3) is 0.0800. The minimum atomic E-state index is -0.527. The highest BCUT2D eigenvalue weighted by atomic mass is 79.9. The van der Waals surface area contributed by atoms with Gasteiger partial charge in [0.1, 0.15) is 23.9 Å². The zero-order valence-electron chi connectivity index (χ0n) is 17.8. The van der Waals surface area contributed by atoms with Gasteiger partial charge in [-0.15, -0.1) is 0 Å². The van der Waals surface area contributed by atoms with E-state index < -0.39 is 11.9 Å². The molecule has 0 heterocycles. The summed E-state index contributed by atoms with van der Waals surface area (Å²) in [5.41, 5.74) is 3.66. The Labute approximate surface area is 199 Å². The van der Waals surface area contributed by atoms with Gasteiger partial charge in [0, 0.05) is 10.0 Å². The molecule has 1 N–H and O–H groups in total. The number of ether oxygens (including phenoxy) is 3. The van der Waals surface area contributed by atoms with Gasteiger partial charge in [-0.05, 0) is 54.6 Å². The van der Waals surface area contributed by atoms with Gasteiger partial charge in [-0.3, -0.25) is 4.79 Å². The number of carbonyl (C=O) groups is 2. The third-order valence-electron chi connectivity index (χ3n) is 4.36. The number of nitrogens with one attached hydrogen (secondary N) is 1. The van der Waals surface area contributed by atoms with Crippen molar-refractivity contribution in [2.75, 3.05) is 13.7 Å². The summed E-state index contributed by atoms with van der Waals surface area (Å²) >= 11 is 3.35. The Balaban J connectivity index is 1.71. The van der Waals surface area contributed by atoms with Crippen LogP contribution in [0.3, 0.4) is 0 Å². The van der Waals surface area contributed by atoms with E-state index in [4.69, 9.17) is 14.2 Å². The maximum Gasteiger partial charge on any atom is 0.343 e. The van der Waals surface area contributed by atoms with Crippen LogP contribution in [0.15, 0.2) is 89.0 Å². The maximum atomic E-state index is 12.6. The molecule has 1 amide bonds. The number of methoxy groups -OCH3 is 1. The summed E-state index contributed by atoms with van der Waals surface area (Å²) in [5, 5.41) is 4.01. The first kappa shape index (κ1) is 23.7. The lowest BCUT2D eigenvalue weighted by Crippen LogP contribution is -2.19. The topological polar surface area (TPSA) is 86.2 Å². The van der Waals surface area contributed by atoms with E-state index in [9.17, 15) is 9.59 Å². The van der Waals surface area contributed by atoms with Crippen molar-refractivity contribution >= 4 is 34.0 Å². The van der Waals surface area contributed by atoms with Gasteiger partial charge >= 0.3 is 5.97 Å². The van der Waals surface area contributed by atoms with E-state index >= 15 is 0 Å². The molecule has 0 aromatic heterocycles. The molecule has 0 atom stereocenters. The highest BCUT2D eigenvalue weighted by Crippen LogP contribution is 2.23. The van der Waals surface area contributed by atoms with Crippen LogP contribution in [0.5, 0.6) is 17.2 Å². The normalized spacial score (nSPS) is 10.5. The number of nitrogens with zero attached hydrogens (tertiary/aromatic N) is 1. The highest BCUT2D eigenvalue weighted by molar-refractivity contribution is 9.10. The van der Waals surface area contributed by atoms with Gasteiger partial charge in [0.05, 0.1) is 24.5 Å². The van der Waals surface area contributed by atoms with E-state index in [1.165, 1.54) is 6.21 Å². The van der Waals surface area contributed by atoms with Crippen LogP contribution in [0, 0.1) is 0 Å². The maximum absolute atomic E-state index is 12.6. The molecule has 0 fully saturated rings. The van der Waals surface area contributed by atoms with Crippen molar-refractivity contribution in [3.8, 4) is 17.2 Å². The Morgan fingerprint density at radius 1 is 1.06 bits per heavy atom. The average Bonchev–Trinajstić information content (AvgIpc) is 2.84. The molecule has 0 aliphatic rings. The highest BCUT2D eigenvalue weighted by Gasteiger charge is 2.14. The molecule has 8 heteroatoms. The van der Waals surface area contributed by atoms with Crippen molar-refractivity contribution in [3.05, 3.63) is 101 Å². The number of carbonyl (C=O) groups excluding carboxylic acids is 2. The van der Waals surface area contributed by atoms with Crippen LogP contribution in [0.1, 0.15) is 26.3 Å². The molecular formula is C25H21BrN2O5. The first-order valence-electron chi connectivity index (χ1n) is 9.83. The molecule has 0 saturated carbocycles. The lowest BCUT2D eigenvalue weighted by atomic mass is 10.2. The largest absolute Gasteiger partial charge is 0.497 e. The summed E-state index contributed by atoms with van der Waals surface area (Å²) in [7, 11) is 1.55. The Morgan fingerprint density at radius 3 is 2.55 bits per heavy atom. The molecule has 0 radical (unpaired) electrons. The van der Waals surface area contributed by atoms with Crippen LogP contribution >= 0.6 is 15.9 Å². The number of para-hydroxylation sites is 1. The van der Waals surface area contributed by atoms with Crippen molar-refractivity contribution in [2.24, 2.45) is 5.10 Å². The lowest BCUT2D eigenvalue weighted by molar-refractivity contribution is 0.0734. The first-order chi connectivity index (χ1) is 16.0. The first-order valence-corrected chi connectivity index (χ1v) is 10.6. The van der Waals surface area contributed by atoms with E-state index in [-0.39, 0.29) is 6.61 Å². The molecule has 0 saturated heterocycles. The molecule has 3 aromatic rings. The molecule has 168 valence electrons. The monoisotopic (exact) mass is 508 g/mol. The van der Waals surface area contributed by atoms with Crippen molar-refractivity contribution in [1.29, 1.82) is 0 Å². The predicted octanol–water partition coefficient (Wildman–Crippen LogP) is 5.01. The van der Waals surface area contributed by atoms with E-state index in [1.807, 2.05) is 0 Å². The second kappa shape index (κ2) is 11.6. The average molecular weight is 509 g/mol. The molecule has 33 heavy (non-hydrogen) atoms. The minimum Gasteiger partial charge on any atom is -0.497 e. The van der Waals surface area contributed by atoms with Crippen LogP contribution in [-0.2, 0) is 0 Å². The Kier molecular flexibility index (Phi) is 8.37. The van der Waals surface area contributed by atoms with E-state index in [1.54, 1.807) is 79.9 Å². The number of esters is 1. The summed E-state index contributed by atoms with van der Waals surface area (Å²) in [4.78, 5) is 25.1. The lowest BCUT2D eigenvalue weighted by Gasteiger charge is -2.10. The summed E-state index contributed by atoms with van der Waals surface area (Å²) in [6.45, 7) is 3.87. The van der Waals surface area contributed by atoms with Gasteiger partial charge in [-0.25, -0.2) is 10.2 Å². The molecule has 3 rings (SSSR count). The Bertz CT molecular complexity index is 1180. The number of hydrogen-bond acceptors (Lipinski definition) is 6. The van der Waals surface area contributed by atoms with Crippen LogP contribution in [0.4, 0.5) is 0 Å². The van der Waals surface area contributed by atoms with Crippen LogP contribution in [0.25, 0.3) is 0 Å². The second-order valence-corrected chi connectivity index (χ2v) is 7.51. The SMILES string of the molecule is C=CCOc1ccc(Br)cc1C(=O)NN=Cc1ccccc1OC(=O)c1ccc(OC)cc1. The quantitative estimate of drug-likeness (QED) is 0.144. The minimum absolute atomic E-state index is 0.262. The van der Waals surface area contributed by atoms with Crippen LogP contribution < -0.4 is 19.6 Å². The molecule has 3 aromatic carbocycles. The standard InChI is InChI=1S/C25H21BrN2O5/c1-3-14-32-23-13-10-19(26)15-21(23)24(29)28-27-16-18-6-4-5-7-22(18)33-25(30)17-8-11-20(31-2)12-9-17/h3-13,15-16H,1,14H2,2H3,(H,28,29). The van der Waals surface area contributed by atoms with E-state index in [0.29, 0.717) is 33.9 Å². The van der Waals surface area contributed by atoms with Gasteiger partial charge in [-0.2, -0.15) is 5.10 Å². The molecule has 0 aliphatic heterocycles. The zero-order valence-corrected chi connectivity index (χ0v) is 19.4. The molecule has 0 unspecified atom stereocenters. The molecule has 0 aliphatic carbocycles. The Morgan fingerprint density at radius 2 is 1.82 bits per heavy atom. The predicted molar refractivity (Wildman–Crippen MR) is 129 cm³/mol. The number of amides is 1. The molecule has 0 bridgehead atoms. The second-order valence-electron chi connectivity index (χ2n) is 6.60. The summed E-state index contributed by atoms with van der Waals surface area (Å²) in [6.07, 6.45) is 2.99. The summed E-state index contributed by atoms with van der Waals surface area (Å²) in [6, 6.07) is 18.5. The summed E-state index contributed by atoms with van der Waals surface area (Å²) < 4.78 is 16.9. The number of hydrogen-bond donors (Lipinski definition) is 1. The fourth-order valence-electron chi connectivity index (χ4n) is 2.74. The molecular weight excluding hydrogens is 488 g/mol. The fourth-order valence-corrected chi connectivity index (χ4v) is 3.10. The van der Waals surface area contributed by atoms with Gasteiger partial charge < -0.3 is 14.2 Å². The van der Waals surface area contributed by atoms with Crippen LogP contribution in [0.2, 0.25) is 0 Å². The number of halogens is 1.